The summed E-state index contributed by atoms with van der Waals surface area (Å²) in [6.45, 7) is 1.81. The van der Waals surface area contributed by atoms with Gasteiger partial charge in [-0.15, -0.1) is 0 Å². The van der Waals surface area contributed by atoms with Gasteiger partial charge in [0.1, 0.15) is 17.3 Å². The first-order chi connectivity index (χ1) is 17.2. The molecule has 0 bridgehead atoms. The van der Waals surface area contributed by atoms with Crippen LogP contribution in [0.4, 0.5) is 8.78 Å². The van der Waals surface area contributed by atoms with E-state index in [4.69, 9.17) is 5.10 Å². The molecule has 1 aliphatic heterocycles. The van der Waals surface area contributed by atoms with Crippen molar-refractivity contribution >= 4 is 10.9 Å². The van der Waals surface area contributed by atoms with Crippen molar-refractivity contribution in [3.63, 3.8) is 0 Å². The smallest absolute Gasteiger partial charge is 0.130 e. The number of nitrogens with zero attached hydrogens (tertiary/aromatic N) is 5. The third kappa shape index (κ3) is 4.21. The average Bonchev–Trinajstić information content (AvgIpc) is 3.54. The number of benzene rings is 2. The minimum atomic E-state index is -0.489. The number of piperidine rings is 1. The molecule has 2 aromatic carbocycles. The van der Waals surface area contributed by atoms with Crippen LogP contribution in [0.5, 0.6) is 0 Å². The van der Waals surface area contributed by atoms with Crippen LogP contribution in [0.15, 0.2) is 73.2 Å². The second-order valence-electron chi connectivity index (χ2n) is 9.00. The van der Waals surface area contributed by atoms with E-state index in [0.717, 1.165) is 59.5 Å². The molecule has 6 nitrogen and oxygen atoms in total. The quantitative estimate of drug-likeness (QED) is 0.370. The maximum Gasteiger partial charge on any atom is 0.130 e. The van der Waals surface area contributed by atoms with Gasteiger partial charge in [-0.1, -0.05) is 6.07 Å². The van der Waals surface area contributed by atoms with E-state index >= 15 is 0 Å². The summed E-state index contributed by atoms with van der Waals surface area (Å²) >= 11 is 0. The lowest BCUT2D eigenvalue weighted by atomic mass is 9.94. The zero-order valence-electron chi connectivity index (χ0n) is 19.0. The van der Waals surface area contributed by atoms with Gasteiger partial charge in [0, 0.05) is 54.1 Å². The van der Waals surface area contributed by atoms with Crippen LogP contribution in [-0.4, -0.2) is 43.0 Å². The lowest BCUT2D eigenvalue weighted by Crippen LogP contribution is -2.34. The van der Waals surface area contributed by atoms with Crippen LogP contribution in [0.1, 0.15) is 30.0 Å². The molecule has 1 saturated heterocycles. The van der Waals surface area contributed by atoms with Crippen LogP contribution in [0.3, 0.4) is 0 Å². The van der Waals surface area contributed by atoms with Crippen molar-refractivity contribution < 1.29 is 8.78 Å². The van der Waals surface area contributed by atoms with Crippen molar-refractivity contribution in [2.75, 3.05) is 13.1 Å². The highest BCUT2D eigenvalue weighted by Crippen LogP contribution is 2.30. The molecule has 4 heterocycles. The van der Waals surface area contributed by atoms with Gasteiger partial charge in [0.2, 0.25) is 0 Å². The number of H-pyrrole nitrogens is 1. The van der Waals surface area contributed by atoms with E-state index in [9.17, 15) is 8.78 Å². The van der Waals surface area contributed by atoms with Crippen LogP contribution in [0.25, 0.3) is 27.8 Å². The fourth-order valence-electron chi connectivity index (χ4n) is 4.92. The van der Waals surface area contributed by atoms with E-state index < -0.39 is 11.6 Å². The normalized spacial score (nSPS) is 16.7. The van der Waals surface area contributed by atoms with Gasteiger partial charge in [0.15, 0.2) is 0 Å². The molecule has 0 amide bonds. The molecule has 1 N–H and O–H groups in total. The Kier molecular flexibility index (Phi) is 5.58. The number of halogens is 2. The van der Waals surface area contributed by atoms with Gasteiger partial charge in [0.05, 0.1) is 16.9 Å². The summed E-state index contributed by atoms with van der Waals surface area (Å²) in [7, 11) is 0. The largest absolute Gasteiger partial charge is 0.298 e. The monoisotopic (exact) mass is 470 g/mol. The van der Waals surface area contributed by atoms with Crippen molar-refractivity contribution in [1.29, 1.82) is 0 Å². The summed E-state index contributed by atoms with van der Waals surface area (Å²) in [5, 5.41) is 13.5. The summed E-state index contributed by atoms with van der Waals surface area (Å²) in [4.78, 5) is 6.21. The van der Waals surface area contributed by atoms with E-state index in [1.807, 2.05) is 41.2 Å². The van der Waals surface area contributed by atoms with Gasteiger partial charge >= 0.3 is 0 Å². The lowest BCUT2D eigenvalue weighted by Gasteiger charge is -2.32. The third-order valence-corrected chi connectivity index (χ3v) is 6.74. The summed E-state index contributed by atoms with van der Waals surface area (Å²) in [5.41, 5.74) is 4.90. The molecule has 1 atom stereocenters. The fourth-order valence-corrected chi connectivity index (χ4v) is 4.92. The molecule has 1 aliphatic rings. The molecule has 0 aliphatic carbocycles. The van der Waals surface area contributed by atoms with Crippen LogP contribution in [0.2, 0.25) is 0 Å². The molecule has 1 fully saturated rings. The number of aromatic amines is 1. The molecule has 0 saturated carbocycles. The molecule has 3 aromatic heterocycles. The van der Waals surface area contributed by atoms with Crippen LogP contribution in [-0.2, 0) is 6.54 Å². The predicted octanol–water partition coefficient (Wildman–Crippen LogP) is 5.47. The number of hydrogen-bond acceptors (Lipinski definition) is 4. The van der Waals surface area contributed by atoms with E-state index in [2.05, 4.69) is 26.1 Å². The molecule has 0 spiro atoms. The van der Waals surface area contributed by atoms with E-state index in [-0.39, 0.29) is 18.0 Å². The highest BCUT2D eigenvalue weighted by molar-refractivity contribution is 5.94. The van der Waals surface area contributed by atoms with Crippen molar-refractivity contribution in [2.24, 2.45) is 0 Å². The Morgan fingerprint density at radius 3 is 2.66 bits per heavy atom. The van der Waals surface area contributed by atoms with Gasteiger partial charge in [-0.3, -0.25) is 15.0 Å². The summed E-state index contributed by atoms with van der Waals surface area (Å²) in [5.74, 6) is -0.765. The number of rotatable bonds is 5. The molecule has 35 heavy (non-hydrogen) atoms. The highest BCUT2D eigenvalue weighted by atomic mass is 19.1. The topological polar surface area (TPSA) is 62.6 Å². The van der Waals surface area contributed by atoms with Crippen LogP contribution >= 0.6 is 0 Å². The molecule has 8 heteroatoms. The summed E-state index contributed by atoms with van der Waals surface area (Å²) in [6.07, 6.45) is 7.45. The Balaban J connectivity index is 1.23. The second-order valence-corrected chi connectivity index (χ2v) is 9.00. The SMILES string of the molecule is Fc1cccc(F)c1CN1CCCC(c2ccn(-c3ccc4[nH]nc(-c5ccncc5)c4c3)n2)C1. The number of nitrogens with one attached hydrogen (secondary N) is 1. The summed E-state index contributed by atoms with van der Waals surface area (Å²) in [6, 6.07) is 16.1. The molecular weight excluding hydrogens is 446 g/mol. The molecule has 176 valence electrons. The number of likely N-dealkylation sites (tertiary alicyclic amines) is 1. The summed E-state index contributed by atoms with van der Waals surface area (Å²) < 4.78 is 30.2. The minimum absolute atomic E-state index is 0.136. The molecule has 0 radical (unpaired) electrons. The van der Waals surface area contributed by atoms with Crippen molar-refractivity contribution in [2.45, 2.75) is 25.3 Å². The molecule has 1 unspecified atom stereocenters. The zero-order chi connectivity index (χ0) is 23.8. The molecular formula is C27H24F2N6. The Morgan fingerprint density at radius 2 is 1.83 bits per heavy atom. The Hall–Kier alpha value is -3.91. The van der Waals surface area contributed by atoms with Gasteiger partial charge in [0.25, 0.3) is 0 Å². The Bertz CT molecular complexity index is 1460. The number of aromatic nitrogens is 5. The van der Waals surface area contributed by atoms with Crippen molar-refractivity contribution in [1.82, 2.24) is 29.9 Å². The second kappa shape index (κ2) is 9.03. The van der Waals surface area contributed by atoms with Gasteiger partial charge in [-0.2, -0.15) is 10.2 Å². The average molecular weight is 471 g/mol. The Labute approximate surface area is 201 Å². The number of pyridine rings is 1. The van der Waals surface area contributed by atoms with Crippen molar-refractivity contribution in [3.8, 4) is 16.9 Å². The minimum Gasteiger partial charge on any atom is -0.298 e. The van der Waals surface area contributed by atoms with Crippen LogP contribution in [0, 0.1) is 11.6 Å². The first kappa shape index (κ1) is 21.6. The number of hydrogen-bond donors (Lipinski definition) is 1. The Morgan fingerprint density at radius 1 is 1.00 bits per heavy atom. The third-order valence-electron chi connectivity index (χ3n) is 6.74. The first-order valence-electron chi connectivity index (χ1n) is 11.8. The zero-order valence-corrected chi connectivity index (χ0v) is 19.0. The van der Waals surface area contributed by atoms with Gasteiger partial charge < -0.3 is 0 Å². The van der Waals surface area contributed by atoms with Crippen molar-refractivity contribution in [3.05, 3.63) is 96.1 Å². The van der Waals surface area contributed by atoms with Crippen LogP contribution < -0.4 is 0 Å². The maximum absolute atomic E-state index is 14.1. The molecule has 5 aromatic rings. The molecule has 6 rings (SSSR count). The highest BCUT2D eigenvalue weighted by Gasteiger charge is 2.25. The first-order valence-corrected chi connectivity index (χ1v) is 11.8. The van der Waals surface area contributed by atoms with E-state index in [0.29, 0.717) is 0 Å². The van der Waals surface area contributed by atoms with Gasteiger partial charge in [-0.25, -0.2) is 13.5 Å². The van der Waals surface area contributed by atoms with E-state index in [1.165, 1.54) is 18.2 Å². The van der Waals surface area contributed by atoms with Gasteiger partial charge in [-0.05, 0) is 67.9 Å². The fraction of sp³-hybridized carbons (Fsp3) is 0.222. The predicted molar refractivity (Wildman–Crippen MR) is 130 cm³/mol. The lowest BCUT2D eigenvalue weighted by molar-refractivity contribution is 0.193. The number of fused-ring (bicyclic) bond motifs is 1. The van der Waals surface area contributed by atoms with E-state index in [1.54, 1.807) is 12.4 Å². The standard InChI is InChI=1S/C27H24F2N6/c28-23-4-1-5-24(29)22(23)17-34-13-2-3-19(16-34)25-10-14-35(33-25)20-6-7-26-21(15-20)27(32-31-26)18-8-11-30-12-9-18/h1,4-12,14-15,19H,2-3,13,16-17H2,(H,31,32). The maximum atomic E-state index is 14.1.